The van der Waals surface area contributed by atoms with E-state index < -0.39 is 0 Å². The van der Waals surface area contributed by atoms with Crippen LogP contribution in [0.3, 0.4) is 0 Å². The van der Waals surface area contributed by atoms with Crippen LogP contribution in [-0.2, 0) is 9.59 Å². The molecule has 0 bridgehead atoms. The van der Waals surface area contributed by atoms with Gasteiger partial charge >= 0.3 is 0 Å². The minimum absolute atomic E-state index is 0.113. The maximum absolute atomic E-state index is 12.0. The fraction of sp³-hybridized carbons (Fsp3) is 0.333. The standard InChI is InChI=1S/C15H18N4O3S2/c1-9(2)13(21)17-14-18-19-15(24-14)23-8-12(20)16-10-5-4-6-11(7-10)22-3/h4-7,9H,8H2,1-3H3,(H,16,20)(H,17,18,21). The molecule has 1 heterocycles. The van der Waals surface area contributed by atoms with Gasteiger partial charge < -0.3 is 15.4 Å². The number of carbonyl (C=O) groups excluding carboxylic acids is 2. The highest BCUT2D eigenvalue weighted by Gasteiger charge is 2.12. The van der Waals surface area contributed by atoms with Crippen LogP contribution >= 0.6 is 23.1 Å². The number of hydrogen-bond acceptors (Lipinski definition) is 7. The first-order chi connectivity index (χ1) is 11.5. The van der Waals surface area contributed by atoms with Crippen LogP contribution in [0.2, 0.25) is 0 Å². The molecule has 0 saturated carbocycles. The zero-order valence-electron chi connectivity index (χ0n) is 13.5. The normalized spacial score (nSPS) is 10.5. The Balaban J connectivity index is 1.83. The number of thioether (sulfide) groups is 1. The summed E-state index contributed by atoms with van der Waals surface area (Å²) in [6.07, 6.45) is 0. The van der Waals surface area contributed by atoms with E-state index in [2.05, 4.69) is 20.8 Å². The van der Waals surface area contributed by atoms with Gasteiger partial charge in [-0.15, -0.1) is 10.2 Å². The molecule has 0 aliphatic heterocycles. The smallest absolute Gasteiger partial charge is 0.234 e. The number of aromatic nitrogens is 2. The van der Waals surface area contributed by atoms with Crippen molar-refractivity contribution in [3.05, 3.63) is 24.3 Å². The Labute approximate surface area is 148 Å². The van der Waals surface area contributed by atoms with E-state index in [0.29, 0.717) is 20.9 Å². The van der Waals surface area contributed by atoms with Gasteiger partial charge in [0.2, 0.25) is 16.9 Å². The van der Waals surface area contributed by atoms with Crippen molar-refractivity contribution in [3.8, 4) is 5.75 Å². The number of rotatable bonds is 7. The summed E-state index contributed by atoms with van der Waals surface area (Å²) in [5.74, 6) is 0.479. The topological polar surface area (TPSA) is 93.2 Å². The second-order valence-corrected chi connectivity index (χ2v) is 7.29. The van der Waals surface area contributed by atoms with E-state index in [1.54, 1.807) is 45.2 Å². The summed E-state index contributed by atoms with van der Waals surface area (Å²) in [5, 5.41) is 13.7. The lowest BCUT2D eigenvalue weighted by Crippen LogP contribution is -2.17. The third kappa shape index (κ3) is 5.50. The number of anilines is 2. The van der Waals surface area contributed by atoms with Gasteiger partial charge in [0, 0.05) is 17.7 Å². The minimum atomic E-state index is -0.156. The van der Waals surface area contributed by atoms with E-state index in [-0.39, 0.29) is 23.5 Å². The van der Waals surface area contributed by atoms with Gasteiger partial charge in [-0.3, -0.25) is 9.59 Å². The molecule has 24 heavy (non-hydrogen) atoms. The Morgan fingerprint density at radius 1 is 1.29 bits per heavy atom. The summed E-state index contributed by atoms with van der Waals surface area (Å²) in [6.45, 7) is 3.60. The number of ether oxygens (including phenoxy) is 1. The van der Waals surface area contributed by atoms with Gasteiger partial charge in [-0.25, -0.2) is 0 Å². The third-order valence-electron chi connectivity index (χ3n) is 2.84. The average molecular weight is 366 g/mol. The fourth-order valence-electron chi connectivity index (χ4n) is 1.59. The van der Waals surface area contributed by atoms with E-state index in [1.165, 1.54) is 23.1 Å². The SMILES string of the molecule is COc1cccc(NC(=O)CSc2nnc(NC(=O)C(C)C)s2)c1. The van der Waals surface area contributed by atoms with Crippen molar-refractivity contribution in [1.82, 2.24) is 10.2 Å². The molecule has 0 saturated heterocycles. The zero-order chi connectivity index (χ0) is 17.5. The van der Waals surface area contributed by atoms with E-state index in [1.807, 2.05) is 0 Å². The first-order valence-electron chi connectivity index (χ1n) is 7.19. The molecule has 1 aromatic carbocycles. The predicted molar refractivity (Wildman–Crippen MR) is 95.7 cm³/mol. The molecule has 0 aliphatic carbocycles. The summed E-state index contributed by atoms with van der Waals surface area (Å²) < 4.78 is 5.73. The molecule has 0 fully saturated rings. The summed E-state index contributed by atoms with van der Waals surface area (Å²) in [7, 11) is 1.57. The summed E-state index contributed by atoms with van der Waals surface area (Å²) in [5.41, 5.74) is 0.669. The fourth-order valence-corrected chi connectivity index (χ4v) is 3.15. The van der Waals surface area contributed by atoms with Gasteiger partial charge in [-0.05, 0) is 12.1 Å². The lowest BCUT2D eigenvalue weighted by Gasteiger charge is -2.06. The van der Waals surface area contributed by atoms with E-state index in [9.17, 15) is 9.59 Å². The van der Waals surface area contributed by atoms with Crippen molar-refractivity contribution in [2.24, 2.45) is 5.92 Å². The molecule has 0 atom stereocenters. The Bertz CT molecular complexity index is 718. The van der Waals surface area contributed by atoms with Crippen molar-refractivity contribution in [2.45, 2.75) is 18.2 Å². The van der Waals surface area contributed by atoms with Crippen LogP contribution in [0.15, 0.2) is 28.6 Å². The van der Waals surface area contributed by atoms with Crippen LogP contribution in [0.1, 0.15) is 13.8 Å². The molecule has 1 aromatic heterocycles. The Morgan fingerprint density at radius 3 is 2.79 bits per heavy atom. The van der Waals surface area contributed by atoms with Crippen LogP contribution in [0.4, 0.5) is 10.8 Å². The van der Waals surface area contributed by atoms with Crippen LogP contribution in [0.5, 0.6) is 5.75 Å². The maximum Gasteiger partial charge on any atom is 0.234 e. The number of nitrogens with one attached hydrogen (secondary N) is 2. The molecule has 7 nitrogen and oxygen atoms in total. The highest BCUT2D eigenvalue weighted by atomic mass is 32.2. The molecule has 2 amide bonds. The average Bonchev–Trinajstić information content (AvgIpc) is 3.00. The summed E-state index contributed by atoms with van der Waals surface area (Å²) in [6, 6.07) is 7.14. The first-order valence-corrected chi connectivity index (χ1v) is 8.99. The van der Waals surface area contributed by atoms with Crippen molar-refractivity contribution >= 4 is 45.7 Å². The van der Waals surface area contributed by atoms with Gasteiger partial charge in [-0.1, -0.05) is 43.0 Å². The molecule has 0 aliphatic rings. The Kier molecular flexibility index (Phi) is 6.56. The van der Waals surface area contributed by atoms with Gasteiger partial charge in [0.05, 0.1) is 12.9 Å². The second kappa shape index (κ2) is 8.65. The monoisotopic (exact) mass is 366 g/mol. The van der Waals surface area contributed by atoms with Crippen molar-refractivity contribution in [3.63, 3.8) is 0 Å². The largest absolute Gasteiger partial charge is 0.497 e. The molecule has 2 N–H and O–H groups in total. The van der Waals surface area contributed by atoms with Gasteiger partial charge in [0.25, 0.3) is 0 Å². The second-order valence-electron chi connectivity index (χ2n) is 5.09. The Hall–Kier alpha value is -2.13. The molecule has 0 unspecified atom stereocenters. The van der Waals surface area contributed by atoms with Gasteiger partial charge in [0.1, 0.15) is 5.75 Å². The molecular weight excluding hydrogens is 348 g/mol. The number of amides is 2. The molecular formula is C15H18N4O3S2. The van der Waals surface area contributed by atoms with Crippen LogP contribution in [0.25, 0.3) is 0 Å². The lowest BCUT2D eigenvalue weighted by atomic mass is 10.2. The lowest BCUT2D eigenvalue weighted by molar-refractivity contribution is -0.119. The number of benzene rings is 1. The number of nitrogens with zero attached hydrogens (tertiary/aromatic N) is 2. The Morgan fingerprint density at radius 2 is 2.08 bits per heavy atom. The van der Waals surface area contributed by atoms with Crippen molar-refractivity contribution in [2.75, 3.05) is 23.5 Å². The van der Waals surface area contributed by atoms with E-state index >= 15 is 0 Å². The van der Waals surface area contributed by atoms with Gasteiger partial charge in [0.15, 0.2) is 4.34 Å². The molecule has 0 spiro atoms. The quantitative estimate of drug-likeness (QED) is 0.578. The summed E-state index contributed by atoms with van der Waals surface area (Å²) in [4.78, 5) is 23.6. The van der Waals surface area contributed by atoms with Crippen LogP contribution < -0.4 is 15.4 Å². The van der Waals surface area contributed by atoms with Crippen LogP contribution in [0, 0.1) is 5.92 Å². The third-order valence-corrected chi connectivity index (χ3v) is 4.81. The first kappa shape index (κ1) is 18.2. The van der Waals surface area contributed by atoms with E-state index in [4.69, 9.17) is 4.74 Å². The molecule has 2 aromatic rings. The van der Waals surface area contributed by atoms with Crippen LogP contribution in [-0.4, -0.2) is 34.9 Å². The van der Waals surface area contributed by atoms with Gasteiger partial charge in [-0.2, -0.15) is 0 Å². The van der Waals surface area contributed by atoms with E-state index in [0.717, 1.165) is 0 Å². The predicted octanol–water partition coefficient (Wildman–Crippen LogP) is 2.87. The zero-order valence-corrected chi connectivity index (χ0v) is 15.2. The number of carbonyl (C=O) groups is 2. The van der Waals surface area contributed by atoms with Crippen molar-refractivity contribution < 1.29 is 14.3 Å². The molecule has 9 heteroatoms. The minimum Gasteiger partial charge on any atom is -0.497 e. The van der Waals surface area contributed by atoms with Crippen molar-refractivity contribution in [1.29, 1.82) is 0 Å². The number of hydrogen-bond donors (Lipinski definition) is 2. The summed E-state index contributed by atoms with van der Waals surface area (Å²) >= 11 is 2.51. The highest BCUT2D eigenvalue weighted by molar-refractivity contribution is 8.01. The number of methoxy groups -OCH3 is 1. The maximum atomic E-state index is 12.0. The molecule has 128 valence electrons. The molecule has 2 rings (SSSR count). The highest BCUT2D eigenvalue weighted by Crippen LogP contribution is 2.26. The molecule has 0 radical (unpaired) electrons.